The van der Waals surface area contributed by atoms with Gasteiger partial charge >= 0.3 is 0 Å². The van der Waals surface area contributed by atoms with Crippen LogP contribution in [0.15, 0.2) is 30.3 Å². The van der Waals surface area contributed by atoms with E-state index in [-0.39, 0.29) is 30.2 Å². The minimum Gasteiger partial charge on any atom is -0.381 e. The molecule has 7 nitrogen and oxygen atoms in total. The Balaban J connectivity index is 1.57. The molecule has 3 heterocycles. The number of ether oxygens (including phenoxy) is 1. The van der Waals surface area contributed by atoms with Crippen molar-refractivity contribution in [3.05, 3.63) is 30.3 Å². The summed E-state index contributed by atoms with van der Waals surface area (Å²) in [6.45, 7) is 4.36. The number of benzene rings is 1. The second kappa shape index (κ2) is 7.54. The molecule has 3 amide bonds. The van der Waals surface area contributed by atoms with Crippen LogP contribution in [0.1, 0.15) is 26.2 Å². The number of carbonyl (C=O) groups is 3. The van der Waals surface area contributed by atoms with Crippen molar-refractivity contribution >= 4 is 23.4 Å². The lowest BCUT2D eigenvalue weighted by Gasteiger charge is -2.48. The third kappa shape index (κ3) is 3.39. The van der Waals surface area contributed by atoms with Gasteiger partial charge in [-0.25, -0.2) is 0 Å². The predicted octanol–water partition coefficient (Wildman–Crippen LogP) is 1.28. The van der Waals surface area contributed by atoms with Crippen LogP contribution in [-0.4, -0.2) is 72.5 Å². The number of hydrogen-bond donors (Lipinski definition) is 0. The van der Waals surface area contributed by atoms with Gasteiger partial charge in [-0.1, -0.05) is 18.2 Å². The summed E-state index contributed by atoms with van der Waals surface area (Å²) in [4.78, 5) is 43.5. The Morgan fingerprint density at radius 1 is 1.11 bits per heavy atom. The van der Waals surface area contributed by atoms with Crippen molar-refractivity contribution in [3.63, 3.8) is 0 Å². The molecule has 0 N–H and O–H groups in total. The summed E-state index contributed by atoms with van der Waals surface area (Å²) in [6, 6.07) is 9.55. The van der Waals surface area contributed by atoms with Crippen LogP contribution < -0.4 is 4.90 Å². The minimum atomic E-state index is -0.517. The number of rotatable bonds is 2. The van der Waals surface area contributed by atoms with E-state index in [4.69, 9.17) is 4.74 Å². The van der Waals surface area contributed by atoms with Gasteiger partial charge in [-0.2, -0.15) is 0 Å². The van der Waals surface area contributed by atoms with Crippen LogP contribution >= 0.6 is 0 Å². The van der Waals surface area contributed by atoms with Crippen molar-refractivity contribution in [2.75, 3.05) is 44.3 Å². The molecule has 1 atom stereocenters. The molecule has 3 saturated heterocycles. The summed E-state index contributed by atoms with van der Waals surface area (Å²) in [5.74, 6) is -0.0281. The maximum Gasteiger partial charge on any atom is 0.246 e. The number of piperazine rings is 1. The van der Waals surface area contributed by atoms with Crippen LogP contribution in [0.2, 0.25) is 0 Å². The van der Waals surface area contributed by atoms with Crippen molar-refractivity contribution in [2.24, 2.45) is 5.92 Å². The smallest absolute Gasteiger partial charge is 0.246 e. The first kappa shape index (κ1) is 18.9. The molecule has 7 heteroatoms. The van der Waals surface area contributed by atoms with Gasteiger partial charge in [-0.3, -0.25) is 14.4 Å². The molecule has 1 spiro atoms. The molecule has 3 fully saturated rings. The lowest BCUT2D eigenvalue weighted by atomic mass is 9.91. The molecule has 0 aliphatic carbocycles. The van der Waals surface area contributed by atoms with Gasteiger partial charge < -0.3 is 19.4 Å². The third-order valence-electron chi connectivity index (χ3n) is 6.28. The summed E-state index contributed by atoms with van der Waals surface area (Å²) in [5.41, 5.74) is 0.320. The summed E-state index contributed by atoms with van der Waals surface area (Å²) in [5, 5.41) is 0. The Hall–Kier alpha value is -2.41. The summed E-state index contributed by atoms with van der Waals surface area (Å²) < 4.78 is 5.38. The van der Waals surface area contributed by atoms with Crippen LogP contribution in [0, 0.1) is 5.92 Å². The van der Waals surface area contributed by atoms with Gasteiger partial charge in [0.05, 0.1) is 12.1 Å². The van der Waals surface area contributed by atoms with Crippen molar-refractivity contribution in [2.45, 2.75) is 31.7 Å². The molecule has 150 valence electrons. The monoisotopic (exact) mass is 385 g/mol. The fraction of sp³-hybridized carbons (Fsp3) is 0.571. The van der Waals surface area contributed by atoms with E-state index in [1.54, 1.807) is 9.80 Å². The third-order valence-corrected chi connectivity index (χ3v) is 6.28. The molecule has 3 aliphatic heterocycles. The van der Waals surface area contributed by atoms with Crippen LogP contribution in [0.3, 0.4) is 0 Å². The second-order valence-corrected chi connectivity index (χ2v) is 8.04. The van der Waals surface area contributed by atoms with Gasteiger partial charge in [0.25, 0.3) is 0 Å². The van der Waals surface area contributed by atoms with Crippen LogP contribution in [0.4, 0.5) is 5.69 Å². The summed E-state index contributed by atoms with van der Waals surface area (Å²) in [7, 11) is 0. The van der Waals surface area contributed by atoms with E-state index in [2.05, 4.69) is 0 Å². The highest BCUT2D eigenvalue weighted by Gasteiger charge is 2.51. The average molecular weight is 385 g/mol. The SMILES string of the molecule is CC(=O)N1CC(=O)N(c2ccccc2)C[C@@]12CCN(C(=O)C1CCOCC1)C2. The zero-order valence-electron chi connectivity index (χ0n) is 16.3. The molecule has 0 bridgehead atoms. The molecule has 0 aromatic heterocycles. The molecule has 1 aromatic carbocycles. The summed E-state index contributed by atoms with van der Waals surface area (Å²) in [6.07, 6.45) is 2.21. The number of nitrogens with zero attached hydrogens (tertiary/aromatic N) is 3. The molecule has 4 rings (SSSR count). The number of carbonyl (C=O) groups excluding carboxylic acids is 3. The number of anilines is 1. The Labute approximate surface area is 165 Å². The summed E-state index contributed by atoms with van der Waals surface area (Å²) >= 11 is 0. The average Bonchev–Trinajstić information content (AvgIpc) is 3.14. The van der Waals surface area contributed by atoms with Crippen molar-refractivity contribution < 1.29 is 19.1 Å². The Morgan fingerprint density at radius 3 is 2.50 bits per heavy atom. The quantitative estimate of drug-likeness (QED) is 0.769. The number of likely N-dealkylation sites (tertiary alicyclic amines) is 1. The van der Waals surface area contributed by atoms with E-state index in [9.17, 15) is 14.4 Å². The first-order valence-corrected chi connectivity index (χ1v) is 10.0. The molecule has 1 aromatic rings. The lowest BCUT2D eigenvalue weighted by molar-refractivity contribution is -0.144. The van der Waals surface area contributed by atoms with Crippen LogP contribution in [-0.2, 0) is 19.1 Å². The van der Waals surface area contributed by atoms with E-state index in [1.165, 1.54) is 6.92 Å². The Bertz CT molecular complexity index is 762. The maximum atomic E-state index is 13.0. The first-order valence-electron chi connectivity index (χ1n) is 10.0. The largest absolute Gasteiger partial charge is 0.381 e. The van der Waals surface area contributed by atoms with E-state index in [1.807, 2.05) is 35.2 Å². The highest BCUT2D eigenvalue weighted by atomic mass is 16.5. The van der Waals surface area contributed by atoms with Crippen LogP contribution in [0.5, 0.6) is 0 Å². The molecular weight excluding hydrogens is 358 g/mol. The van der Waals surface area contributed by atoms with Crippen molar-refractivity contribution in [1.29, 1.82) is 0 Å². The fourth-order valence-corrected chi connectivity index (χ4v) is 4.74. The highest BCUT2D eigenvalue weighted by Crippen LogP contribution is 2.35. The van der Waals surface area contributed by atoms with Crippen molar-refractivity contribution in [1.82, 2.24) is 9.80 Å². The molecule has 0 saturated carbocycles. The first-order chi connectivity index (χ1) is 13.5. The number of para-hydroxylation sites is 1. The van der Waals surface area contributed by atoms with E-state index < -0.39 is 5.54 Å². The van der Waals surface area contributed by atoms with E-state index in [0.717, 1.165) is 18.5 Å². The van der Waals surface area contributed by atoms with Crippen LogP contribution in [0.25, 0.3) is 0 Å². The van der Waals surface area contributed by atoms with Gasteiger partial charge in [0.2, 0.25) is 17.7 Å². The van der Waals surface area contributed by atoms with Gasteiger partial charge in [0.15, 0.2) is 0 Å². The van der Waals surface area contributed by atoms with Gasteiger partial charge in [0.1, 0.15) is 6.54 Å². The lowest BCUT2D eigenvalue weighted by Crippen LogP contribution is -2.67. The fourth-order valence-electron chi connectivity index (χ4n) is 4.74. The Morgan fingerprint density at radius 2 is 1.82 bits per heavy atom. The molecule has 28 heavy (non-hydrogen) atoms. The van der Waals surface area contributed by atoms with E-state index >= 15 is 0 Å². The minimum absolute atomic E-state index is 0.00475. The van der Waals surface area contributed by atoms with Gasteiger partial charge in [-0.05, 0) is 31.4 Å². The normalized spacial score (nSPS) is 26.2. The standard InChI is InChI=1S/C21H27N3O4/c1-16(25)24-13-19(26)23(18-5-3-2-4-6-18)15-21(24)9-10-22(14-21)20(27)17-7-11-28-12-8-17/h2-6,17H,7-15H2,1H3/t21-/m0/s1. The molecule has 3 aliphatic rings. The van der Waals surface area contributed by atoms with E-state index in [0.29, 0.717) is 39.3 Å². The number of hydrogen-bond acceptors (Lipinski definition) is 4. The Kier molecular flexibility index (Phi) is 5.10. The molecular formula is C21H27N3O4. The maximum absolute atomic E-state index is 13.0. The zero-order valence-corrected chi connectivity index (χ0v) is 16.3. The zero-order chi connectivity index (χ0) is 19.7. The number of amides is 3. The van der Waals surface area contributed by atoms with Gasteiger partial charge in [-0.15, -0.1) is 0 Å². The second-order valence-electron chi connectivity index (χ2n) is 8.04. The van der Waals surface area contributed by atoms with Crippen molar-refractivity contribution in [3.8, 4) is 0 Å². The predicted molar refractivity (Wildman–Crippen MR) is 104 cm³/mol. The topological polar surface area (TPSA) is 70.2 Å². The van der Waals surface area contributed by atoms with Gasteiger partial charge in [0, 0.05) is 44.8 Å². The molecule has 0 radical (unpaired) electrons. The molecule has 0 unspecified atom stereocenters. The highest BCUT2D eigenvalue weighted by molar-refractivity contribution is 5.98.